The molecule has 1 aromatic rings. The molecule has 4 amide bonds. The Morgan fingerprint density at radius 2 is 2.11 bits per heavy atom. The minimum absolute atomic E-state index is 0.0877. The summed E-state index contributed by atoms with van der Waals surface area (Å²) in [5.74, 6) is 1.52. The predicted molar refractivity (Wildman–Crippen MR) is 103 cm³/mol. The van der Waals surface area contributed by atoms with Crippen molar-refractivity contribution in [2.75, 3.05) is 6.54 Å². The number of hydrogen-bond donors (Lipinski definition) is 2. The van der Waals surface area contributed by atoms with Gasteiger partial charge in [0.15, 0.2) is 0 Å². The summed E-state index contributed by atoms with van der Waals surface area (Å²) in [6, 6.07) is 7.35. The average Bonchev–Trinajstić information content (AvgIpc) is 3.44. The van der Waals surface area contributed by atoms with Crippen LogP contribution in [-0.2, 0) is 21.5 Å². The van der Waals surface area contributed by atoms with Crippen LogP contribution in [-0.4, -0.2) is 35.3 Å². The van der Waals surface area contributed by atoms with Crippen LogP contribution >= 0.6 is 0 Å². The number of imide groups is 1. The topological polar surface area (TPSA) is 78.5 Å². The minimum atomic E-state index is -0.996. The van der Waals surface area contributed by atoms with Crippen LogP contribution in [0.5, 0.6) is 0 Å². The molecule has 1 saturated heterocycles. The minimum Gasteiger partial charge on any atom is -0.352 e. The average molecular weight is 381 g/mol. The number of urea groups is 1. The summed E-state index contributed by atoms with van der Waals surface area (Å²) >= 11 is 0. The van der Waals surface area contributed by atoms with E-state index >= 15 is 0 Å². The van der Waals surface area contributed by atoms with Crippen LogP contribution in [0.25, 0.3) is 0 Å². The van der Waals surface area contributed by atoms with Crippen molar-refractivity contribution in [1.29, 1.82) is 0 Å². The number of fused-ring (bicyclic) bond motifs is 4. The second kappa shape index (κ2) is 6.33. The smallest absolute Gasteiger partial charge is 0.325 e. The molecule has 5 atom stereocenters. The molecule has 2 bridgehead atoms. The Kier molecular flexibility index (Phi) is 4.00. The highest BCUT2D eigenvalue weighted by atomic mass is 16.2. The van der Waals surface area contributed by atoms with E-state index in [2.05, 4.69) is 17.6 Å². The monoisotopic (exact) mass is 381 g/mol. The first kappa shape index (κ1) is 17.7. The number of amides is 4. The van der Waals surface area contributed by atoms with Crippen molar-refractivity contribution in [3.05, 3.63) is 35.4 Å². The van der Waals surface area contributed by atoms with Crippen molar-refractivity contribution in [3.63, 3.8) is 0 Å². The molecule has 6 heteroatoms. The van der Waals surface area contributed by atoms with Gasteiger partial charge in [0.05, 0.1) is 0 Å². The molecule has 148 valence electrons. The molecule has 6 nitrogen and oxygen atoms in total. The standard InChI is InChI=1S/C22H27N3O3/c1-13(17-11-14-6-7-16(17)10-14)23-19(26)12-25-20(27)22(24-21(25)28)9-8-15-4-2-3-5-18(15)22/h2-5,13-14,16-17H,6-12H2,1H3,(H,23,26)(H,24,28). The molecule has 2 saturated carbocycles. The predicted octanol–water partition coefficient (Wildman–Crippen LogP) is 2.32. The second-order valence-corrected chi connectivity index (χ2v) is 9.08. The molecule has 1 spiro atoms. The summed E-state index contributed by atoms with van der Waals surface area (Å²) in [6.07, 6.45) is 6.38. The summed E-state index contributed by atoms with van der Waals surface area (Å²) < 4.78 is 0. The van der Waals surface area contributed by atoms with Gasteiger partial charge in [-0.1, -0.05) is 30.7 Å². The van der Waals surface area contributed by atoms with Gasteiger partial charge in [-0.3, -0.25) is 14.5 Å². The quantitative estimate of drug-likeness (QED) is 0.786. The summed E-state index contributed by atoms with van der Waals surface area (Å²) in [6.45, 7) is 1.85. The fourth-order valence-corrected chi connectivity index (χ4v) is 6.19. The Morgan fingerprint density at radius 3 is 2.86 bits per heavy atom. The first-order valence-electron chi connectivity index (χ1n) is 10.5. The molecule has 2 N–H and O–H groups in total. The Hall–Kier alpha value is -2.37. The van der Waals surface area contributed by atoms with Crippen molar-refractivity contribution in [2.24, 2.45) is 17.8 Å². The number of benzene rings is 1. The Morgan fingerprint density at radius 1 is 1.29 bits per heavy atom. The van der Waals surface area contributed by atoms with Crippen molar-refractivity contribution >= 4 is 17.8 Å². The third-order valence-electron chi connectivity index (χ3n) is 7.55. The molecule has 0 radical (unpaired) electrons. The van der Waals surface area contributed by atoms with Crippen LogP contribution in [0.4, 0.5) is 4.79 Å². The van der Waals surface area contributed by atoms with Crippen LogP contribution in [0.2, 0.25) is 0 Å². The maximum atomic E-state index is 13.1. The van der Waals surface area contributed by atoms with E-state index in [9.17, 15) is 14.4 Å². The van der Waals surface area contributed by atoms with Crippen molar-refractivity contribution < 1.29 is 14.4 Å². The molecule has 0 aromatic heterocycles. The molecule has 4 aliphatic rings. The van der Waals surface area contributed by atoms with Gasteiger partial charge in [0.1, 0.15) is 12.1 Å². The van der Waals surface area contributed by atoms with Gasteiger partial charge in [-0.25, -0.2) is 4.79 Å². The zero-order valence-corrected chi connectivity index (χ0v) is 16.2. The van der Waals surface area contributed by atoms with Gasteiger partial charge < -0.3 is 10.6 Å². The number of carbonyl (C=O) groups is 3. The Labute approximate surface area is 165 Å². The molecule has 3 fully saturated rings. The lowest BCUT2D eigenvalue weighted by Crippen LogP contribution is -2.47. The van der Waals surface area contributed by atoms with E-state index in [-0.39, 0.29) is 24.4 Å². The third kappa shape index (κ3) is 2.57. The number of carbonyl (C=O) groups excluding carboxylic acids is 3. The van der Waals surface area contributed by atoms with Gasteiger partial charge in [-0.15, -0.1) is 0 Å². The fourth-order valence-electron chi connectivity index (χ4n) is 6.19. The van der Waals surface area contributed by atoms with Crippen LogP contribution in [0.15, 0.2) is 24.3 Å². The van der Waals surface area contributed by atoms with Crippen molar-refractivity contribution in [3.8, 4) is 0 Å². The summed E-state index contributed by atoms with van der Waals surface area (Å²) in [5, 5.41) is 5.94. The number of nitrogens with zero attached hydrogens (tertiary/aromatic N) is 1. The molecular weight excluding hydrogens is 354 g/mol. The van der Waals surface area contributed by atoms with E-state index in [1.54, 1.807) is 0 Å². The maximum absolute atomic E-state index is 13.1. The fraction of sp³-hybridized carbons (Fsp3) is 0.591. The molecule has 5 rings (SSSR count). The Balaban J connectivity index is 1.26. The van der Waals surface area contributed by atoms with Crippen LogP contribution in [0.3, 0.4) is 0 Å². The van der Waals surface area contributed by atoms with E-state index in [4.69, 9.17) is 0 Å². The molecular formula is C22H27N3O3. The van der Waals surface area contributed by atoms with E-state index < -0.39 is 11.6 Å². The normalized spacial score (nSPS) is 34.0. The second-order valence-electron chi connectivity index (χ2n) is 9.08. The summed E-state index contributed by atoms with van der Waals surface area (Å²) in [5.41, 5.74) is 0.962. The lowest BCUT2D eigenvalue weighted by molar-refractivity contribution is -0.135. The van der Waals surface area contributed by atoms with Gasteiger partial charge >= 0.3 is 6.03 Å². The van der Waals surface area contributed by atoms with Gasteiger partial charge in [0.25, 0.3) is 5.91 Å². The van der Waals surface area contributed by atoms with Gasteiger partial charge in [-0.05, 0) is 67.9 Å². The number of nitrogens with one attached hydrogen (secondary N) is 2. The molecule has 1 aromatic carbocycles. The van der Waals surface area contributed by atoms with E-state index in [1.807, 2.05) is 24.3 Å². The van der Waals surface area contributed by atoms with E-state index in [0.29, 0.717) is 12.3 Å². The van der Waals surface area contributed by atoms with Crippen LogP contribution in [0.1, 0.15) is 50.2 Å². The summed E-state index contributed by atoms with van der Waals surface area (Å²) in [7, 11) is 0. The number of rotatable bonds is 4. The molecule has 3 aliphatic carbocycles. The lowest BCUT2D eigenvalue weighted by atomic mass is 9.84. The highest BCUT2D eigenvalue weighted by molar-refractivity contribution is 6.09. The molecule has 28 heavy (non-hydrogen) atoms. The zero-order chi connectivity index (χ0) is 19.5. The van der Waals surface area contributed by atoms with E-state index in [1.165, 1.54) is 25.7 Å². The zero-order valence-electron chi connectivity index (χ0n) is 16.2. The van der Waals surface area contributed by atoms with Gasteiger partial charge in [0, 0.05) is 6.04 Å². The lowest BCUT2D eigenvalue weighted by Gasteiger charge is -2.29. The van der Waals surface area contributed by atoms with Gasteiger partial charge in [-0.2, -0.15) is 0 Å². The van der Waals surface area contributed by atoms with Crippen molar-refractivity contribution in [1.82, 2.24) is 15.5 Å². The highest BCUT2D eigenvalue weighted by Gasteiger charge is 2.55. The Bertz CT molecular complexity index is 853. The first-order valence-corrected chi connectivity index (χ1v) is 10.5. The molecule has 1 aliphatic heterocycles. The number of hydrogen-bond acceptors (Lipinski definition) is 3. The number of aryl methyl sites for hydroxylation is 1. The molecule has 1 heterocycles. The van der Waals surface area contributed by atoms with Crippen LogP contribution < -0.4 is 10.6 Å². The maximum Gasteiger partial charge on any atom is 0.325 e. The first-order chi connectivity index (χ1) is 13.5. The largest absolute Gasteiger partial charge is 0.352 e. The molecule has 5 unspecified atom stereocenters. The summed E-state index contributed by atoms with van der Waals surface area (Å²) in [4.78, 5) is 39.4. The van der Waals surface area contributed by atoms with E-state index in [0.717, 1.165) is 34.3 Å². The van der Waals surface area contributed by atoms with Gasteiger partial charge in [0.2, 0.25) is 5.91 Å². The van der Waals surface area contributed by atoms with Crippen LogP contribution in [0, 0.1) is 17.8 Å². The highest BCUT2D eigenvalue weighted by Crippen LogP contribution is 2.49. The van der Waals surface area contributed by atoms with Crippen molar-refractivity contribution in [2.45, 2.75) is 57.0 Å². The third-order valence-corrected chi connectivity index (χ3v) is 7.55. The SMILES string of the molecule is CC(NC(=O)CN1C(=O)NC2(CCc3ccccc32)C1=O)C1CC2CCC1C2.